The lowest BCUT2D eigenvalue weighted by Crippen LogP contribution is -2.42. The monoisotopic (exact) mass is 603 g/mol. The molecule has 1 unspecified atom stereocenters. The number of methoxy groups -OCH3 is 1. The van der Waals surface area contributed by atoms with Crippen LogP contribution in [0.15, 0.2) is 79.3 Å². The Kier molecular flexibility index (Phi) is 11.3. The molecule has 0 bridgehead atoms. The zero-order valence-corrected chi connectivity index (χ0v) is 25.3. The molecule has 43 heavy (non-hydrogen) atoms. The van der Waals surface area contributed by atoms with Gasteiger partial charge in [0.05, 0.1) is 13.4 Å². The molecule has 4 rings (SSSR count). The second-order valence-electron chi connectivity index (χ2n) is 10.2. The predicted octanol–water partition coefficient (Wildman–Crippen LogP) is 6.29. The van der Waals surface area contributed by atoms with Gasteiger partial charge in [-0.25, -0.2) is 18.6 Å². The van der Waals surface area contributed by atoms with Crippen LogP contribution in [0.4, 0.5) is 8.78 Å². The molecule has 6 nitrogen and oxygen atoms in total. The van der Waals surface area contributed by atoms with Gasteiger partial charge in [-0.1, -0.05) is 42.5 Å². The lowest BCUT2D eigenvalue weighted by Gasteiger charge is -2.18. The minimum absolute atomic E-state index is 0.304. The number of allylic oxidation sites excluding steroid dienone is 1. The van der Waals surface area contributed by atoms with Gasteiger partial charge in [-0.3, -0.25) is 4.79 Å². The Morgan fingerprint density at radius 1 is 1.02 bits per heavy atom. The van der Waals surface area contributed by atoms with E-state index in [9.17, 15) is 18.4 Å². The van der Waals surface area contributed by atoms with E-state index in [2.05, 4.69) is 10.3 Å². The van der Waals surface area contributed by atoms with Crippen LogP contribution >= 0.6 is 11.8 Å². The molecule has 0 saturated carbocycles. The number of carbonyl (C=O) groups excluding carboxylic acids is 2. The predicted molar refractivity (Wildman–Crippen MR) is 168 cm³/mol. The fraction of sp³-hybridized carbons (Fsp3) is 0.265. The number of amides is 1. The first kappa shape index (κ1) is 31.7. The first-order chi connectivity index (χ1) is 20.8. The number of rotatable bonds is 13. The molecule has 9 heteroatoms. The number of benzene rings is 3. The van der Waals surface area contributed by atoms with Crippen molar-refractivity contribution in [2.24, 2.45) is 7.05 Å². The van der Waals surface area contributed by atoms with E-state index >= 15 is 0 Å². The number of nitrogens with one attached hydrogen (secondary N) is 1. The van der Waals surface area contributed by atoms with Crippen molar-refractivity contribution in [2.45, 2.75) is 31.7 Å². The van der Waals surface area contributed by atoms with Gasteiger partial charge in [0.2, 0.25) is 0 Å². The Morgan fingerprint density at radius 2 is 1.72 bits per heavy atom. The molecule has 0 spiro atoms. The van der Waals surface area contributed by atoms with Crippen molar-refractivity contribution in [3.8, 4) is 0 Å². The van der Waals surface area contributed by atoms with E-state index in [1.165, 1.54) is 31.4 Å². The summed E-state index contributed by atoms with van der Waals surface area (Å²) in [5.74, 6) is -0.830. The summed E-state index contributed by atoms with van der Waals surface area (Å²) in [7, 11) is 3.22. The summed E-state index contributed by atoms with van der Waals surface area (Å²) in [4.78, 5) is 30.4. The van der Waals surface area contributed by atoms with Crippen LogP contribution in [0.2, 0.25) is 0 Å². The molecule has 1 aromatic heterocycles. The number of aromatic nitrogens is 2. The summed E-state index contributed by atoms with van der Waals surface area (Å²) in [5.41, 5.74) is 5.68. The maximum Gasteiger partial charge on any atom is 0.328 e. The molecular weight excluding hydrogens is 568 g/mol. The van der Waals surface area contributed by atoms with Crippen molar-refractivity contribution in [3.63, 3.8) is 0 Å². The van der Waals surface area contributed by atoms with E-state index < -0.39 is 12.0 Å². The summed E-state index contributed by atoms with van der Waals surface area (Å²) < 4.78 is 34.1. The smallest absolute Gasteiger partial charge is 0.328 e. The number of nitrogens with zero attached hydrogens (tertiary/aromatic N) is 2. The highest BCUT2D eigenvalue weighted by Gasteiger charge is 2.23. The molecule has 0 saturated heterocycles. The molecule has 4 aromatic rings. The number of ether oxygens (including phenoxy) is 1. The number of carbonyl (C=O) groups is 2. The van der Waals surface area contributed by atoms with E-state index in [1.807, 2.05) is 42.1 Å². The topological polar surface area (TPSA) is 73.2 Å². The third-order valence-corrected chi connectivity index (χ3v) is 7.86. The molecule has 1 N–H and O–H groups in total. The Morgan fingerprint density at radius 3 is 2.35 bits per heavy atom. The van der Waals surface area contributed by atoms with Crippen LogP contribution in [-0.4, -0.2) is 46.6 Å². The van der Waals surface area contributed by atoms with Crippen molar-refractivity contribution in [1.82, 2.24) is 14.9 Å². The maximum atomic E-state index is 13.8. The van der Waals surface area contributed by atoms with Crippen LogP contribution < -0.4 is 5.32 Å². The molecule has 1 atom stereocenters. The molecule has 0 fully saturated rings. The van der Waals surface area contributed by atoms with Gasteiger partial charge in [-0.15, -0.1) is 0 Å². The molecule has 1 amide bonds. The highest BCUT2D eigenvalue weighted by Crippen LogP contribution is 2.25. The van der Waals surface area contributed by atoms with Gasteiger partial charge in [0.1, 0.15) is 17.7 Å². The Hall–Kier alpha value is -4.24. The second-order valence-corrected chi connectivity index (χ2v) is 11.2. The third-order valence-electron chi connectivity index (χ3n) is 7.22. The van der Waals surface area contributed by atoms with Crippen molar-refractivity contribution in [3.05, 3.63) is 124 Å². The van der Waals surface area contributed by atoms with Crippen LogP contribution in [-0.2, 0) is 35.8 Å². The Bertz CT molecular complexity index is 1570. The van der Waals surface area contributed by atoms with Gasteiger partial charge >= 0.3 is 5.97 Å². The van der Waals surface area contributed by atoms with E-state index in [4.69, 9.17) is 4.74 Å². The van der Waals surface area contributed by atoms with Gasteiger partial charge in [0.25, 0.3) is 5.91 Å². The Labute approximate surface area is 255 Å². The van der Waals surface area contributed by atoms with Gasteiger partial charge in [-0.05, 0) is 89.4 Å². The fourth-order valence-corrected chi connectivity index (χ4v) is 5.23. The zero-order valence-electron chi connectivity index (χ0n) is 24.5. The molecule has 0 radical (unpaired) electrons. The van der Waals surface area contributed by atoms with E-state index in [1.54, 1.807) is 48.6 Å². The molecule has 0 aliphatic rings. The van der Waals surface area contributed by atoms with Crippen LogP contribution in [0.5, 0.6) is 0 Å². The first-order valence-corrected chi connectivity index (χ1v) is 15.3. The minimum Gasteiger partial charge on any atom is -0.467 e. The average molecular weight is 604 g/mol. The number of hydrogen-bond donors (Lipinski definition) is 1. The van der Waals surface area contributed by atoms with Crippen LogP contribution in [0.1, 0.15) is 44.7 Å². The number of esters is 1. The molecular formula is C34H35F2N3O3S. The quantitative estimate of drug-likeness (QED) is 0.144. The zero-order chi connectivity index (χ0) is 30.8. The van der Waals surface area contributed by atoms with Gasteiger partial charge in [0.15, 0.2) is 0 Å². The maximum absolute atomic E-state index is 13.8. The third kappa shape index (κ3) is 8.88. The second kappa shape index (κ2) is 15.3. The van der Waals surface area contributed by atoms with E-state index in [-0.39, 0.29) is 17.5 Å². The summed E-state index contributed by atoms with van der Waals surface area (Å²) in [6, 6.07) is 17.5. The van der Waals surface area contributed by atoms with Crippen LogP contribution in [0, 0.1) is 11.6 Å². The normalized spacial score (nSPS) is 12.2. The lowest BCUT2D eigenvalue weighted by atomic mass is 9.94. The minimum atomic E-state index is -0.784. The summed E-state index contributed by atoms with van der Waals surface area (Å²) in [6.07, 6.45) is 9.53. The summed E-state index contributed by atoms with van der Waals surface area (Å²) in [6.45, 7) is 0. The highest BCUT2D eigenvalue weighted by molar-refractivity contribution is 7.98. The van der Waals surface area contributed by atoms with Gasteiger partial charge in [-0.2, -0.15) is 11.8 Å². The number of aryl methyl sites for hydroxylation is 3. The van der Waals surface area contributed by atoms with Crippen LogP contribution in [0.3, 0.4) is 0 Å². The summed E-state index contributed by atoms with van der Waals surface area (Å²) >= 11 is 1.58. The number of halogens is 2. The molecule has 0 aliphatic heterocycles. The largest absolute Gasteiger partial charge is 0.467 e. The molecule has 0 aliphatic carbocycles. The van der Waals surface area contributed by atoms with Crippen LogP contribution in [0.25, 0.3) is 11.6 Å². The van der Waals surface area contributed by atoms with Gasteiger partial charge in [0, 0.05) is 30.9 Å². The Balaban J connectivity index is 1.72. The van der Waals surface area contributed by atoms with E-state index in [0.717, 1.165) is 33.5 Å². The highest BCUT2D eigenvalue weighted by atomic mass is 32.2. The number of hydrogen-bond acceptors (Lipinski definition) is 5. The van der Waals surface area contributed by atoms with Gasteiger partial charge < -0.3 is 14.6 Å². The van der Waals surface area contributed by atoms with Crippen molar-refractivity contribution < 1.29 is 23.1 Å². The van der Waals surface area contributed by atoms with E-state index in [0.29, 0.717) is 37.0 Å². The number of imidazole rings is 1. The average Bonchev–Trinajstić information content (AvgIpc) is 3.42. The fourth-order valence-electron chi connectivity index (χ4n) is 4.76. The molecule has 3 aromatic carbocycles. The standard InChI is InChI=1S/C34H35F2N3O3S/c1-39-22-37-21-30(39)20-27(25-10-14-29(36)15-11-25)18-24-5-9-26(8-4-23-6-12-28(35)13-7-23)31(19-24)33(40)38-32(16-17-43-3)34(41)42-2/h5-7,9-15,18-19,21-22,32H,4,8,16-17,20H2,1-3H3,(H,38,40)/b27-18+. The summed E-state index contributed by atoms with van der Waals surface area (Å²) in [5, 5.41) is 2.88. The molecule has 224 valence electrons. The van der Waals surface area contributed by atoms with Crippen molar-refractivity contribution in [1.29, 1.82) is 0 Å². The SMILES string of the molecule is COC(=O)C(CCSC)NC(=O)c1cc(/C=C(\Cc2cncn2C)c2ccc(F)cc2)ccc1CCc1ccc(F)cc1. The number of thioether (sulfide) groups is 1. The van der Waals surface area contributed by atoms with Crippen molar-refractivity contribution in [2.75, 3.05) is 19.1 Å². The lowest BCUT2D eigenvalue weighted by molar-refractivity contribution is -0.142. The first-order valence-electron chi connectivity index (χ1n) is 13.9. The molecule has 1 heterocycles. The van der Waals surface area contributed by atoms with Crippen molar-refractivity contribution >= 4 is 35.3 Å².